The number of nitrogens with zero attached hydrogens (tertiary/aromatic N) is 1. The predicted molar refractivity (Wildman–Crippen MR) is 128 cm³/mol. The molecule has 0 aromatic heterocycles. The molecule has 0 saturated carbocycles. The number of urea groups is 1. The lowest BCUT2D eigenvalue weighted by Crippen LogP contribution is -2.48. The summed E-state index contributed by atoms with van der Waals surface area (Å²) >= 11 is 0. The van der Waals surface area contributed by atoms with E-state index in [0.717, 1.165) is 4.90 Å². The fraction of sp³-hybridized carbons (Fsp3) is 0.154. The van der Waals surface area contributed by atoms with Crippen LogP contribution in [0.3, 0.4) is 0 Å². The number of imide groups is 1. The fourth-order valence-corrected chi connectivity index (χ4v) is 4.04. The molecule has 1 atom stereocenters. The minimum absolute atomic E-state index is 0.204. The Bertz CT molecular complexity index is 1190. The SMILES string of the molecule is CC(=O)Nc1ccc(NC(=O)[C@H](C)N2C(=O)NC(c3ccccc3)(c3ccccc3)C2=O)cc1. The van der Waals surface area contributed by atoms with Crippen LogP contribution >= 0.6 is 0 Å². The molecule has 0 unspecified atom stereocenters. The van der Waals surface area contributed by atoms with Crippen LogP contribution in [0.2, 0.25) is 0 Å². The average Bonchev–Trinajstić information content (AvgIpc) is 3.11. The highest BCUT2D eigenvalue weighted by Gasteiger charge is 2.55. The number of amides is 5. The Hall–Kier alpha value is -4.46. The zero-order chi connectivity index (χ0) is 24.3. The highest BCUT2D eigenvalue weighted by Crippen LogP contribution is 2.36. The van der Waals surface area contributed by atoms with Crippen molar-refractivity contribution in [1.82, 2.24) is 10.2 Å². The van der Waals surface area contributed by atoms with Gasteiger partial charge in [-0.2, -0.15) is 0 Å². The van der Waals surface area contributed by atoms with Crippen molar-refractivity contribution in [3.05, 3.63) is 96.1 Å². The van der Waals surface area contributed by atoms with Gasteiger partial charge < -0.3 is 16.0 Å². The van der Waals surface area contributed by atoms with Crippen molar-refractivity contribution in [2.24, 2.45) is 0 Å². The molecule has 1 aliphatic rings. The number of anilines is 2. The fourth-order valence-electron chi connectivity index (χ4n) is 4.04. The topological polar surface area (TPSA) is 108 Å². The Morgan fingerprint density at radius 1 is 0.794 bits per heavy atom. The molecular weight excluding hydrogens is 432 g/mol. The lowest BCUT2D eigenvalue weighted by Gasteiger charge is -2.29. The van der Waals surface area contributed by atoms with Crippen LogP contribution in [0.5, 0.6) is 0 Å². The van der Waals surface area contributed by atoms with Gasteiger partial charge in [0.25, 0.3) is 5.91 Å². The molecule has 1 aliphatic heterocycles. The third-order valence-electron chi connectivity index (χ3n) is 5.71. The number of benzene rings is 3. The zero-order valence-corrected chi connectivity index (χ0v) is 18.7. The largest absolute Gasteiger partial charge is 0.326 e. The van der Waals surface area contributed by atoms with E-state index >= 15 is 0 Å². The maximum Gasteiger partial charge on any atom is 0.326 e. The van der Waals surface area contributed by atoms with Gasteiger partial charge in [0, 0.05) is 18.3 Å². The van der Waals surface area contributed by atoms with E-state index < -0.39 is 29.4 Å². The molecule has 3 N–H and O–H groups in total. The summed E-state index contributed by atoms with van der Waals surface area (Å²) in [5.41, 5.74) is 0.818. The Kier molecular flexibility index (Phi) is 6.14. The van der Waals surface area contributed by atoms with Crippen LogP contribution in [0.4, 0.5) is 16.2 Å². The molecule has 0 spiro atoms. The van der Waals surface area contributed by atoms with Crippen molar-refractivity contribution >= 4 is 35.1 Å². The quantitative estimate of drug-likeness (QED) is 0.494. The first-order chi connectivity index (χ1) is 16.3. The first kappa shape index (κ1) is 22.7. The number of hydrogen-bond donors (Lipinski definition) is 3. The smallest absolute Gasteiger partial charge is 0.326 e. The van der Waals surface area contributed by atoms with Crippen LogP contribution in [0.25, 0.3) is 0 Å². The molecule has 172 valence electrons. The lowest BCUT2D eigenvalue weighted by molar-refractivity contribution is -0.135. The molecule has 0 radical (unpaired) electrons. The summed E-state index contributed by atoms with van der Waals surface area (Å²) in [5.74, 6) is -1.25. The van der Waals surface area contributed by atoms with Gasteiger partial charge in [-0.3, -0.25) is 14.4 Å². The van der Waals surface area contributed by atoms with Crippen LogP contribution in [0.15, 0.2) is 84.9 Å². The molecule has 0 aliphatic carbocycles. The first-order valence-electron chi connectivity index (χ1n) is 10.8. The van der Waals surface area contributed by atoms with E-state index in [0.29, 0.717) is 22.5 Å². The van der Waals surface area contributed by atoms with Crippen molar-refractivity contribution < 1.29 is 19.2 Å². The van der Waals surface area contributed by atoms with E-state index in [1.165, 1.54) is 13.8 Å². The van der Waals surface area contributed by atoms with Crippen LogP contribution < -0.4 is 16.0 Å². The van der Waals surface area contributed by atoms with Crippen molar-refractivity contribution in [3.63, 3.8) is 0 Å². The minimum atomic E-state index is -1.44. The number of hydrogen-bond acceptors (Lipinski definition) is 4. The van der Waals surface area contributed by atoms with Gasteiger partial charge in [-0.05, 0) is 42.3 Å². The molecule has 0 bridgehead atoms. The molecule has 1 fully saturated rings. The van der Waals surface area contributed by atoms with Crippen molar-refractivity contribution in [2.45, 2.75) is 25.4 Å². The van der Waals surface area contributed by atoms with Gasteiger partial charge in [0.1, 0.15) is 6.04 Å². The predicted octanol–water partition coefficient (Wildman–Crippen LogP) is 3.47. The lowest BCUT2D eigenvalue weighted by atomic mass is 9.82. The second kappa shape index (κ2) is 9.19. The first-order valence-corrected chi connectivity index (χ1v) is 10.8. The summed E-state index contributed by atoms with van der Waals surface area (Å²) in [4.78, 5) is 52.0. The molecule has 1 saturated heterocycles. The molecule has 3 aromatic rings. The van der Waals surface area contributed by atoms with E-state index in [-0.39, 0.29) is 5.91 Å². The summed E-state index contributed by atoms with van der Waals surface area (Å²) < 4.78 is 0. The average molecular weight is 457 g/mol. The zero-order valence-electron chi connectivity index (χ0n) is 18.7. The Balaban J connectivity index is 1.61. The second-order valence-electron chi connectivity index (χ2n) is 8.01. The van der Waals surface area contributed by atoms with Gasteiger partial charge in [-0.25, -0.2) is 9.69 Å². The molecule has 3 aromatic carbocycles. The summed E-state index contributed by atoms with van der Waals surface area (Å²) in [6.07, 6.45) is 0. The van der Waals surface area contributed by atoms with Gasteiger partial charge in [0.15, 0.2) is 5.54 Å². The van der Waals surface area contributed by atoms with E-state index in [1.807, 2.05) is 12.1 Å². The third-order valence-corrected chi connectivity index (χ3v) is 5.71. The monoisotopic (exact) mass is 456 g/mol. The summed E-state index contributed by atoms with van der Waals surface area (Å²) in [7, 11) is 0. The molecule has 8 heteroatoms. The van der Waals surface area contributed by atoms with Crippen molar-refractivity contribution in [1.29, 1.82) is 0 Å². The summed E-state index contributed by atoms with van der Waals surface area (Å²) in [5, 5.41) is 8.21. The molecule has 8 nitrogen and oxygen atoms in total. The summed E-state index contributed by atoms with van der Waals surface area (Å²) in [6, 6.07) is 22.7. The molecule has 1 heterocycles. The van der Waals surface area contributed by atoms with Gasteiger partial charge in [0.05, 0.1) is 0 Å². The van der Waals surface area contributed by atoms with Gasteiger partial charge in [-0.15, -0.1) is 0 Å². The highest BCUT2D eigenvalue weighted by atomic mass is 16.2. The number of carbonyl (C=O) groups is 4. The Labute approximate surface area is 197 Å². The maximum atomic E-state index is 13.8. The maximum absolute atomic E-state index is 13.8. The Morgan fingerprint density at radius 3 is 1.74 bits per heavy atom. The number of carbonyl (C=O) groups excluding carboxylic acids is 4. The summed E-state index contributed by atoms with van der Waals surface area (Å²) in [6.45, 7) is 2.91. The van der Waals surface area contributed by atoms with E-state index in [9.17, 15) is 19.2 Å². The van der Waals surface area contributed by atoms with Gasteiger partial charge in [0.2, 0.25) is 11.8 Å². The van der Waals surface area contributed by atoms with E-state index in [2.05, 4.69) is 16.0 Å². The van der Waals surface area contributed by atoms with Gasteiger partial charge in [-0.1, -0.05) is 60.7 Å². The Morgan fingerprint density at radius 2 is 1.26 bits per heavy atom. The van der Waals surface area contributed by atoms with Gasteiger partial charge >= 0.3 is 6.03 Å². The van der Waals surface area contributed by atoms with E-state index in [1.54, 1.807) is 72.8 Å². The second-order valence-corrected chi connectivity index (χ2v) is 8.01. The third kappa shape index (κ3) is 4.13. The number of rotatable bonds is 6. The number of nitrogens with one attached hydrogen (secondary N) is 3. The molecular formula is C26H24N4O4. The van der Waals surface area contributed by atoms with Crippen LogP contribution in [0, 0.1) is 0 Å². The van der Waals surface area contributed by atoms with Crippen LogP contribution in [-0.2, 0) is 19.9 Å². The van der Waals surface area contributed by atoms with Crippen LogP contribution in [-0.4, -0.2) is 34.7 Å². The standard InChI is InChI=1S/C26H24N4O4/c1-17(23(32)28-22-15-13-21(14-16-22)27-18(2)31)30-24(33)26(29-25(30)34,19-9-5-3-6-10-19)20-11-7-4-8-12-20/h3-17H,1-2H3,(H,27,31)(H,28,32)(H,29,34)/t17-/m0/s1. The van der Waals surface area contributed by atoms with Crippen LogP contribution in [0.1, 0.15) is 25.0 Å². The molecule has 4 rings (SSSR count). The van der Waals surface area contributed by atoms with Crippen molar-refractivity contribution in [3.8, 4) is 0 Å². The molecule has 34 heavy (non-hydrogen) atoms. The van der Waals surface area contributed by atoms with Crippen molar-refractivity contribution in [2.75, 3.05) is 10.6 Å². The minimum Gasteiger partial charge on any atom is -0.326 e. The highest BCUT2D eigenvalue weighted by molar-refractivity contribution is 6.13. The molecule has 5 amide bonds. The van der Waals surface area contributed by atoms with E-state index in [4.69, 9.17) is 0 Å². The normalized spacial score (nSPS) is 15.4.